The molecule has 1 fully saturated rings. The Morgan fingerprint density at radius 1 is 1.06 bits per heavy atom. The number of nitrogens with zero attached hydrogens (tertiary/aromatic N) is 1. The number of hydrogen-bond donors (Lipinski definition) is 1. The maximum Gasteiger partial charge on any atom is 0.291 e. The zero-order chi connectivity index (χ0) is 22.0. The van der Waals surface area contributed by atoms with Gasteiger partial charge in [-0.05, 0) is 56.2 Å². The van der Waals surface area contributed by atoms with Gasteiger partial charge in [-0.1, -0.05) is 6.07 Å². The minimum atomic E-state index is -3.68. The standard InChI is InChI=1S/C22H21FN2O5S/c1-15-21(31(27,28)25-11-2-3-12-25)14-20(29-15)22(26)24-17-7-9-18(10-8-17)30-19-6-4-5-16(23)13-19/h4-10,13-14H,2-3,11-12H2,1H3,(H,24,26). The van der Waals surface area contributed by atoms with Gasteiger partial charge in [-0.3, -0.25) is 4.79 Å². The van der Waals surface area contributed by atoms with Crippen LogP contribution in [0.2, 0.25) is 0 Å². The average Bonchev–Trinajstić information content (AvgIpc) is 3.40. The number of hydrogen-bond acceptors (Lipinski definition) is 5. The number of furan rings is 1. The predicted molar refractivity (Wildman–Crippen MR) is 112 cm³/mol. The molecular weight excluding hydrogens is 423 g/mol. The molecule has 2 aromatic carbocycles. The highest BCUT2D eigenvalue weighted by Crippen LogP contribution is 2.27. The third kappa shape index (κ3) is 4.62. The van der Waals surface area contributed by atoms with Gasteiger partial charge in [-0.25, -0.2) is 12.8 Å². The van der Waals surface area contributed by atoms with E-state index in [1.165, 1.54) is 29.4 Å². The summed E-state index contributed by atoms with van der Waals surface area (Å²) in [4.78, 5) is 12.6. The lowest BCUT2D eigenvalue weighted by Crippen LogP contribution is -2.28. The number of carbonyl (C=O) groups is 1. The fraction of sp³-hybridized carbons (Fsp3) is 0.227. The molecule has 1 aliphatic heterocycles. The van der Waals surface area contributed by atoms with Crippen LogP contribution in [0.1, 0.15) is 29.2 Å². The van der Waals surface area contributed by atoms with Crippen molar-refractivity contribution < 1.29 is 26.8 Å². The van der Waals surface area contributed by atoms with E-state index in [2.05, 4.69) is 5.32 Å². The summed E-state index contributed by atoms with van der Waals surface area (Å²) in [6.45, 7) is 2.47. The van der Waals surface area contributed by atoms with Crippen LogP contribution in [0.25, 0.3) is 0 Å². The summed E-state index contributed by atoms with van der Waals surface area (Å²) >= 11 is 0. The molecule has 0 aliphatic carbocycles. The third-order valence-electron chi connectivity index (χ3n) is 4.92. The lowest BCUT2D eigenvalue weighted by Gasteiger charge is -2.14. The van der Waals surface area contributed by atoms with Crippen LogP contribution in [0.4, 0.5) is 10.1 Å². The van der Waals surface area contributed by atoms with Crippen LogP contribution in [-0.4, -0.2) is 31.7 Å². The van der Waals surface area contributed by atoms with E-state index in [-0.39, 0.29) is 16.4 Å². The first-order valence-electron chi connectivity index (χ1n) is 9.78. The largest absolute Gasteiger partial charge is 0.457 e. The Labute approximate surface area is 179 Å². The van der Waals surface area contributed by atoms with Gasteiger partial charge in [0.1, 0.15) is 28.0 Å². The molecule has 1 N–H and O–H groups in total. The van der Waals surface area contributed by atoms with Gasteiger partial charge in [-0.15, -0.1) is 0 Å². The van der Waals surface area contributed by atoms with E-state index < -0.39 is 21.7 Å². The van der Waals surface area contributed by atoms with Crippen molar-refractivity contribution in [3.05, 3.63) is 71.9 Å². The Morgan fingerprint density at radius 2 is 1.77 bits per heavy atom. The van der Waals surface area contributed by atoms with Crippen molar-refractivity contribution in [1.29, 1.82) is 0 Å². The second-order valence-corrected chi connectivity index (χ2v) is 9.09. The average molecular weight is 444 g/mol. The molecule has 0 spiro atoms. The number of ether oxygens (including phenoxy) is 1. The summed E-state index contributed by atoms with van der Waals surface area (Å²) < 4.78 is 51.2. The summed E-state index contributed by atoms with van der Waals surface area (Å²) in [5.74, 6) is -0.0525. The van der Waals surface area contributed by atoms with E-state index in [1.54, 1.807) is 36.4 Å². The number of halogens is 1. The van der Waals surface area contributed by atoms with Crippen LogP contribution in [0.5, 0.6) is 11.5 Å². The number of benzene rings is 2. The van der Waals surface area contributed by atoms with Gasteiger partial charge in [0.2, 0.25) is 10.0 Å². The summed E-state index contributed by atoms with van der Waals surface area (Å²) in [6, 6.07) is 13.5. The molecule has 1 aliphatic rings. The van der Waals surface area contributed by atoms with Crippen LogP contribution in [-0.2, 0) is 10.0 Å². The number of amides is 1. The van der Waals surface area contributed by atoms with Crippen molar-refractivity contribution in [2.45, 2.75) is 24.7 Å². The maximum atomic E-state index is 13.3. The van der Waals surface area contributed by atoms with Crippen LogP contribution < -0.4 is 10.1 Å². The van der Waals surface area contributed by atoms with Crippen LogP contribution in [0, 0.1) is 12.7 Å². The molecule has 31 heavy (non-hydrogen) atoms. The quantitative estimate of drug-likeness (QED) is 0.602. The van der Waals surface area contributed by atoms with Crippen LogP contribution in [0.15, 0.2) is 63.9 Å². The number of sulfonamides is 1. The van der Waals surface area contributed by atoms with E-state index in [0.717, 1.165) is 12.8 Å². The molecule has 0 saturated carbocycles. The summed E-state index contributed by atoms with van der Waals surface area (Å²) in [5, 5.41) is 2.66. The van der Waals surface area contributed by atoms with E-state index in [1.807, 2.05) is 0 Å². The summed E-state index contributed by atoms with van der Waals surface area (Å²) in [7, 11) is -3.68. The van der Waals surface area contributed by atoms with E-state index in [4.69, 9.17) is 9.15 Å². The molecule has 1 amide bonds. The predicted octanol–water partition coefficient (Wildman–Crippen LogP) is 4.56. The molecule has 0 unspecified atom stereocenters. The molecule has 3 aromatic rings. The number of anilines is 1. The topological polar surface area (TPSA) is 88.8 Å². The van der Waals surface area contributed by atoms with E-state index in [9.17, 15) is 17.6 Å². The minimum Gasteiger partial charge on any atom is -0.457 e. The van der Waals surface area contributed by atoms with E-state index in [0.29, 0.717) is 30.3 Å². The Hall–Kier alpha value is -3.17. The number of rotatable bonds is 6. The maximum absolute atomic E-state index is 13.3. The molecule has 1 saturated heterocycles. The monoisotopic (exact) mass is 444 g/mol. The van der Waals surface area contributed by atoms with Crippen molar-refractivity contribution in [2.24, 2.45) is 0 Å². The molecule has 162 valence electrons. The van der Waals surface area contributed by atoms with Crippen molar-refractivity contribution in [3.8, 4) is 11.5 Å². The molecule has 9 heteroatoms. The Morgan fingerprint density at radius 3 is 2.45 bits per heavy atom. The molecule has 1 aromatic heterocycles. The van der Waals surface area contributed by atoms with Crippen molar-refractivity contribution in [1.82, 2.24) is 4.31 Å². The number of carbonyl (C=O) groups excluding carboxylic acids is 1. The fourth-order valence-electron chi connectivity index (χ4n) is 3.37. The highest BCUT2D eigenvalue weighted by molar-refractivity contribution is 7.89. The highest BCUT2D eigenvalue weighted by atomic mass is 32.2. The molecule has 4 rings (SSSR count). The first kappa shape index (κ1) is 21.1. The van der Waals surface area contributed by atoms with Crippen LogP contribution in [0.3, 0.4) is 0 Å². The van der Waals surface area contributed by atoms with Gasteiger partial charge < -0.3 is 14.5 Å². The molecular formula is C22H21FN2O5S. The summed E-state index contributed by atoms with van der Waals surface area (Å²) in [6.07, 6.45) is 1.64. The van der Waals surface area contributed by atoms with Crippen LogP contribution >= 0.6 is 0 Å². The van der Waals surface area contributed by atoms with Gasteiger partial charge in [0.15, 0.2) is 5.76 Å². The Kier molecular flexibility index (Phi) is 5.79. The first-order valence-corrected chi connectivity index (χ1v) is 11.2. The smallest absolute Gasteiger partial charge is 0.291 e. The molecule has 0 atom stereocenters. The van der Waals surface area contributed by atoms with Gasteiger partial charge >= 0.3 is 0 Å². The first-order chi connectivity index (χ1) is 14.8. The Bertz CT molecular complexity index is 1200. The Balaban J connectivity index is 1.45. The SMILES string of the molecule is Cc1oc(C(=O)Nc2ccc(Oc3cccc(F)c3)cc2)cc1S(=O)(=O)N1CCCC1. The second-order valence-electron chi connectivity index (χ2n) is 7.18. The molecule has 0 bridgehead atoms. The van der Waals surface area contributed by atoms with Gasteiger partial charge in [-0.2, -0.15) is 4.31 Å². The normalized spacial score (nSPS) is 14.5. The van der Waals surface area contributed by atoms with Gasteiger partial charge in [0, 0.05) is 30.9 Å². The second kappa shape index (κ2) is 8.52. The molecule has 2 heterocycles. The third-order valence-corrected chi connectivity index (χ3v) is 6.93. The van der Waals surface area contributed by atoms with Crippen molar-refractivity contribution in [3.63, 3.8) is 0 Å². The number of nitrogens with one attached hydrogen (secondary N) is 1. The fourth-order valence-corrected chi connectivity index (χ4v) is 5.04. The van der Waals surface area contributed by atoms with Crippen molar-refractivity contribution >= 4 is 21.6 Å². The van der Waals surface area contributed by atoms with Crippen molar-refractivity contribution in [2.75, 3.05) is 18.4 Å². The van der Waals surface area contributed by atoms with Gasteiger partial charge in [0.05, 0.1) is 0 Å². The van der Waals surface area contributed by atoms with Gasteiger partial charge in [0.25, 0.3) is 5.91 Å². The molecule has 7 nitrogen and oxygen atoms in total. The zero-order valence-electron chi connectivity index (χ0n) is 16.8. The number of aryl methyl sites for hydroxylation is 1. The summed E-state index contributed by atoms with van der Waals surface area (Å²) in [5.41, 5.74) is 0.467. The minimum absolute atomic E-state index is 0.0124. The molecule has 0 radical (unpaired) electrons. The zero-order valence-corrected chi connectivity index (χ0v) is 17.6. The lowest BCUT2D eigenvalue weighted by molar-refractivity contribution is 0.0995. The lowest BCUT2D eigenvalue weighted by atomic mass is 10.3. The highest BCUT2D eigenvalue weighted by Gasteiger charge is 2.31. The van der Waals surface area contributed by atoms with E-state index >= 15 is 0 Å².